The van der Waals surface area contributed by atoms with Crippen LogP contribution in [0.25, 0.3) is 0 Å². The third kappa shape index (κ3) is 4.13. The predicted octanol–water partition coefficient (Wildman–Crippen LogP) is 2.51. The molecular formula is C20H24F2N2O3. The van der Waals surface area contributed by atoms with Crippen molar-refractivity contribution in [3.05, 3.63) is 35.4 Å². The molecule has 2 atom stereocenters. The molecule has 3 aliphatic carbocycles. The first kappa shape index (κ1) is 18.3. The highest BCUT2D eigenvalue weighted by molar-refractivity contribution is 5.83. The van der Waals surface area contributed by atoms with E-state index in [1.54, 1.807) is 0 Å². The van der Waals surface area contributed by atoms with E-state index in [9.17, 15) is 18.4 Å². The summed E-state index contributed by atoms with van der Waals surface area (Å²) < 4.78 is 27.2. The molecule has 0 aromatic heterocycles. The van der Waals surface area contributed by atoms with E-state index in [0.717, 1.165) is 25.5 Å². The number of aliphatic carboxylic acids is 1. The lowest BCUT2D eigenvalue weighted by atomic mass is 9.85. The lowest BCUT2D eigenvalue weighted by Crippen LogP contribution is -2.55. The second-order valence-corrected chi connectivity index (χ2v) is 8.19. The van der Waals surface area contributed by atoms with Crippen molar-refractivity contribution >= 4 is 11.9 Å². The number of halogens is 2. The summed E-state index contributed by atoms with van der Waals surface area (Å²) in [5.74, 6) is -2.61. The van der Waals surface area contributed by atoms with Crippen molar-refractivity contribution in [3.8, 4) is 0 Å². The van der Waals surface area contributed by atoms with E-state index in [4.69, 9.17) is 5.11 Å². The summed E-state index contributed by atoms with van der Waals surface area (Å²) >= 11 is 0. The van der Waals surface area contributed by atoms with Gasteiger partial charge in [0.25, 0.3) is 0 Å². The number of nitrogens with one attached hydrogen (secondary N) is 1. The second kappa shape index (κ2) is 7.19. The van der Waals surface area contributed by atoms with Gasteiger partial charge in [-0.2, -0.15) is 0 Å². The molecule has 5 nitrogen and oxygen atoms in total. The molecule has 0 spiro atoms. The van der Waals surface area contributed by atoms with Gasteiger partial charge in [0.1, 0.15) is 0 Å². The quantitative estimate of drug-likeness (QED) is 0.729. The molecule has 3 aliphatic rings. The average Bonchev–Trinajstić information content (AvgIpc) is 3.46. The van der Waals surface area contributed by atoms with E-state index in [0.29, 0.717) is 12.3 Å². The first-order chi connectivity index (χ1) is 12.9. The first-order valence-electron chi connectivity index (χ1n) is 9.62. The summed E-state index contributed by atoms with van der Waals surface area (Å²) in [5.41, 5.74) is 0.277. The highest BCUT2D eigenvalue weighted by Gasteiger charge is 2.47. The van der Waals surface area contributed by atoms with Crippen molar-refractivity contribution in [3.63, 3.8) is 0 Å². The number of amides is 1. The van der Waals surface area contributed by atoms with Crippen LogP contribution in [0.1, 0.15) is 43.6 Å². The first-order valence-corrected chi connectivity index (χ1v) is 9.62. The summed E-state index contributed by atoms with van der Waals surface area (Å²) in [5, 5.41) is 12.1. The summed E-state index contributed by atoms with van der Waals surface area (Å²) in [4.78, 5) is 25.5. The van der Waals surface area contributed by atoms with Crippen molar-refractivity contribution in [2.75, 3.05) is 13.1 Å². The predicted molar refractivity (Wildman–Crippen MR) is 94.1 cm³/mol. The van der Waals surface area contributed by atoms with Gasteiger partial charge >= 0.3 is 5.97 Å². The van der Waals surface area contributed by atoms with E-state index in [2.05, 4.69) is 5.32 Å². The van der Waals surface area contributed by atoms with Crippen LogP contribution in [0.15, 0.2) is 18.2 Å². The van der Waals surface area contributed by atoms with Crippen LogP contribution in [0.3, 0.4) is 0 Å². The number of carbonyl (C=O) groups is 2. The molecule has 0 bridgehead atoms. The van der Waals surface area contributed by atoms with Crippen LogP contribution >= 0.6 is 0 Å². The maximum Gasteiger partial charge on any atom is 0.317 e. The Labute approximate surface area is 156 Å². The van der Waals surface area contributed by atoms with Crippen LogP contribution in [-0.4, -0.2) is 47.1 Å². The minimum Gasteiger partial charge on any atom is -0.480 e. The molecule has 1 aromatic rings. The summed E-state index contributed by atoms with van der Waals surface area (Å²) in [6.07, 6.45) is 4.37. The molecule has 1 aromatic carbocycles. The standard InChI is InChI=1S/C20H24F2N2O3/c21-17-3-1-2-14(19(17)22)15-8-16(15)20(27)23-12-6-13(7-12)24(10-18(25)26)9-11-4-5-11/h1-3,11-13,15-16H,4-10H2,(H,23,27)(H,25,26). The van der Waals surface area contributed by atoms with E-state index >= 15 is 0 Å². The Balaban J connectivity index is 1.26. The van der Waals surface area contributed by atoms with Gasteiger partial charge < -0.3 is 10.4 Å². The van der Waals surface area contributed by atoms with Gasteiger partial charge in [-0.3, -0.25) is 14.5 Å². The highest BCUT2D eigenvalue weighted by Crippen LogP contribution is 2.49. The summed E-state index contributed by atoms with van der Waals surface area (Å²) in [6.45, 7) is 0.868. The Kier molecular flexibility index (Phi) is 4.88. The molecule has 2 N–H and O–H groups in total. The van der Waals surface area contributed by atoms with Gasteiger partial charge in [0, 0.05) is 24.5 Å². The zero-order chi connectivity index (χ0) is 19.1. The highest BCUT2D eigenvalue weighted by atomic mass is 19.2. The van der Waals surface area contributed by atoms with Gasteiger partial charge in [-0.25, -0.2) is 8.78 Å². The minimum absolute atomic E-state index is 0.0385. The Morgan fingerprint density at radius 1 is 1.19 bits per heavy atom. The molecule has 7 heteroatoms. The van der Waals surface area contributed by atoms with Crippen LogP contribution in [0.4, 0.5) is 8.78 Å². The van der Waals surface area contributed by atoms with Crippen LogP contribution < -0.4 is 5.32 Å². The maximum absolute atomic E-state index is 13.9. The fourth-order valence-corrected chi connectivity index (χ4v) is 4.10. The Morgan fingerprint density at radius 3 is 2.59 bits per heavy atom. The molecule has 1 amide bonds. The van der Waals surface area contributed by atoms with Crippen LogP contribution in [0.2, 0.25) is 0 Å². The van der Waals surface area contributed by atoms with Gasteiger partial charge in [0.2, 0.25) is 5.91 Å². The normalized spacial score (nSPS) is 29.3. The van der Waals surface area contributed by atoms with Gasteiger partial charge in [-0.15, -0.1) is 0 Å². The molecule has 0 saturated heterocycles. The van der Waals surface area contributed by atoms with Crippen molar-refractivity contribution in [1.82, 2.24) is 10.2 Å². The van der Waals surface area contributed by atoms with Crippen LogP contribution in [0.5, 0.6) is 0 Å². The molecule has 0 heterocycles. The lowest BCUT2D eigenvalue weighted by molar-refractivity contribution is -0.140. The molecule has 146 valence electrons. The fraction of sp³-hybridized carbons (Fsp3) is 0.600. The van der Waals surface area contributed by atoms with Crippen LogP contribution in [-0.2, 0) is 9.59 Å². The molecule has 27 heavy (non-hydrogen) atoms. The topological polar surface area (TPSA) is 69.6 Å². The Morgan fingerprint density at radius 2 is 1.93 bits per heavy atom. The van der Waals surface area contributed by atoms with Gasteiger partial charge in [-0.05, 0) is 55.6 Å². The van der Waals surface area contributed by atoms with Crippen molar-refractivity contribution in [1.29, 1.82) is 0 Å². The lowest BCUT2D eigenvalue weighted by Gasteiger charge is -2.42. The average molecular weight is 378 g/mol. The zero-order valence-electron chi connectivity index (χ0n) is 15.0. The van der Waals surface area contributed by atoms with Gasteiger partial charge in [0.15, 0.2) is 11.6 Å². The van der Waals surface area contributed by atoms with E-state index in [-0.39, 0.29) is 41.9 Å². The van der Waals surface area contributed by atoms with Crippen LogP contribution in [0, 0.1) is 23.5 Å². The maximum atomic E-state index is 13.9. The summed E-state index contributed by atoms with van der Waals surface area (Å²) in [6, 6.07) is 4.32. The molecule has 2 unspecified atom stereocenters. The van der Waals surface area contributed by atoms with E-state index < -0.39 is 17.6 Å². The fourth-order valence-electron chi connectivity index (χ4n) is 4.10. The van der Waals surface area contributed by atoms with Gasteiger partial charge in [0.05, 0.1) is 6.54 Å². The number of carbonyl (C=O) groups excluding carboxylic acids is 1. The molecule has 0 radical (unpaired) electrons. The SMILES string of the molecule is O=C(O)CN(CC1CC1)C1CC(NC(=O)C2CC2c2cccc(F)c2F)C1. The number of carboxylic acids is 1. The molecule has 4 rings (SSSR count). The minimum atomic E-state index is -0.880. The molecular weight excluding hydrogens is 354 g/mol. The second-order valence-electron chi connectivity index (χ2n) is 8.19. The van der Waals surface area contributed by atoms with E-state index in [1.807, 2.05) is 4.90 Å². The van der Waals surface area contributed by atoms with Crippen molar-refractivity contribution in [2.45, 2.75) is 50.1 Å². The molecule has 3 fully saturated rings. The number of nitrogens with zero attached hydrogens (tertiary/aromatic N) is 1. The third-order valence-electron chi connectivity index (χ3n) is 6.01. The van der Waals surface area contributed by atoms with Gasteiger partial charge in [-0.1, -0.05) is 12.1 Å². The Bertz CT molecular complexity index is 747. The number of hydrogen-bond acceptors (Lipinski definition) is 3. The Hall–Kier alpha value is -2.02. The largest absolute Gasteiger partial charge is 0.480 e. The number of carboxylic acid groups (broad SMARTS) is 1. The third-order valence-corrected chi connectivity index (χ3v) is 6.01. The van der Waals surface area contributed by atoms with Crippen molar-refractivity contribution < 1.29 is 23.5 Å². The number of hydrogen-bond donors (Lipinski definition) is 2. The number of benzene rings is 1. The smallest absolute Gasteiger partial charge is 0.317 e. The number of rotatable bonds is 8. The monoisotopic (exact) mass is 378 g/mol. The molecule has 3 saturated carbocycles. The van der Waals surface area contributed by atoms with Crippen molar-refractivity contribution in [2.24, 2.45) is 11.8 Å². The molecule has 0 aliphatic heterocycles. The zero-order valence-corrected chi connectivity index (χ0v) is 15.0. The summed E-state index contributed by atoms with van der Waals surface area (Å²) in [7, 11) is 0. The van der Waals surface area contributed by atoms with E-state index in [1.165, 1.54) is 25.0 Å².